The zero-order valence-corrected chi connectivity index (χ0v) is 16.0. The van der Waals surface area contributed by atoms with Crippen LogP contribution in [-0.2, 0) is 16.1 Å². The van der Waals surface area contributed by atoms with E-state index in [0.29, 0.717) is 13.2 Å². The van der Waals surface area contributed by atoms with Gasteiger partial charge in [0.05, 0.1) is 19.5 Å². The lowest BCUT2D eigenvalue weighted by Crippen LogP contribution is -2.39. The molecule has 148 valence electrons. The monoisotopic (exact) mass is 366 g/mol. The third kappa shape index (κ3) is 9.22. The van der Waals surface area contributed by atoms with Gasteiger partial charge in [-0.15, -0.1) is 0 Å². The van der Waals surface area contributed by atoms with Crippen molar-refractivity contribution in [3.05, 3.63) is 24.2 Å². The summed E-state index contributed by atoms with van der Waals surface area (Å²) in [5, 5.41) is 6.70. The number of morpholine rings is 1. The second kappa shape index (κ2) is 13.6. The van der Waals surface area contributed by atoms with E-state index in [4.69, 9.17) is 13.9 Å². The van der Waals surface area contributed by atoms with Gasteiger partial charge in [0.2, 0.25) is 0 Å². The van der Waals surface area contributed by atoms with Gasteiger partial charge in [0.15, 0.2) is 5.96 Å². The smallest absolute Gasteiger partial charge is 0.191 e. The summed E-state index contributed by atoms with van der Waals surface area (Å²) in [6.07, 6.45) is 4.91. The molecule has 1 aromatic rings. The maximum absolute atomic E-state index is 5.57. The van der Waals surface area contributed by atoms with Crippen LogP contribution in [0.3, 0.4) is 0 Å². The van der Waals surface area contributed by atoms with Crippen molar-refractivity contribution in [2.24, 2.45) is 4.99 Å². The molecule has 7 nitrogen and oxygen atoms in total. The highest BCUT2D eigenvalue weighted by atomic mass is 16.5. The van der Waals surface area contributed by atoms with Gasteiger partial charge in [-0.3, -0.25) is 9.89 Å². The molecule has 1 fully saturated rings. The lowest BCUT2D eigenvalue weighted by Gasteiger charge is -2.26. The average Bonchev–Trinajstić information content (AvgIpc) is 3.18. The van der Waals surface area contributed by atoms with Crippen LogP contribution in [0.1, 0.15) is 31.9 Å². The average molecular weight is 367 g/mol. The first kappa shape index (κ1) is 20.7. The van der Waals surface area contributed by atoms with Crippen molar-refractivity contribution in [2.45, 2.75) is 32.8 Å². The molecule has 0 saturated carbocycles. The molecule has 0 aliphatic carbocycles. The first-order valence-electron chi connectivity index (χ1n) is 9.81. The molecule has 0 bridgehead atoms. The summed E-state index contributed by atoms with van der Waals surface area (Å²) >= 11 is 0. The van der Waals surface area contributed by atoms with E-state index in [9.17, 15) is 0 Å². The molecule has 0 unspecified atom stereocenters. The van der Waals surface area contributed by atoms with E-state index in [1.54, 1.807) is 6.26 Å². The molecule has 1 saturated heterocycles. The molecule has 0 amide bonds. The van der Waals surface area contributed by atoms with Crippen LogP contribution in [0, 0.1) is 0 Å². The van der Waals surface area contributed by atoms with Gasteiger partial charge in [-0.2, -0.15) is 0 Å². The minimum absolute atomic E-state index is 0.526. The fourth-order valence-electron chi connectivity index (χ4n) is 2.76. The molecule has 0 radical (unpaired) electrons. The molecule has 2 heterocycles. The van der Waals surface area contributed by atoms with Gasteiger partial charge in [-0.1, -0.05) is 0 Å². The molecule has 26 heavy (non-hydrogen) atoms. The van der Waals surface area contributed by atoms with Crippen LogP contribution < -0.4 is 10.6 Å². The minimum Gasteiger partial charge on any atom is -0.467 e. The number of ether oxygens (including phenoxy) is 2. The highest BCUT2D eigenvalue weighted by Crippen LogP contribution is 2.02. The predicted molar refractivity (Wildman–Crippen MR) is 103 cm³/mol. The Labute approximate surface area is 157 Å². The molecule has 0 spiro atoms. The quantitative estimate of drug-likeness (QED) is 0.334. The van der Waals surface area contributed by atoms with E-state index in [1.165, 1.54) is 6.42 Å². The zero-order valence-electron chi connectivity index (χ0n) is 16.0. The molecular weight excluding hydrogens is 332 g/mol. The van der Waals surface area contributed by atoms with Crippen LogP contribution in [0.2, 0.25) is 0 Å². The van der Waals surface area contributed by atoms with Crippen LogP contribution in [-0.4, -0.2) is 69.9 Å². The van der Waals surface area contributed by atoms with Gasteiger partial charge in [0.1, 0.15) is 12.4 Å². The van der Waals surface area contributed by atoms with E-state index >= 15 is 0 Å². The zero-order chi connectivity index (χ0) is 18.3. The third-order valence-corrected chi connectivity index (χ3v) is 4.18. The van der Waals surface area contributed by atoms with Gasteiger partial charge < -0.3 is 24.5 Å². The molecule has 1 aliphatic heterocycles. The van der Waals surface area contributed by atoms with Crippen LogP contribution >= 0.6 is 0 Å². The summed E-state index contributed by atoms with van der Waals surface area (Å²) in [4.78, 5) is 7.08. The Hall–Kier alpha value is -1.57. The van der Waals surface area contributed by atoms with Crippen molar-refractivity contribution in [1.29, 1.82) is 0 Å². The lowest BCUT2D eigenvalue weighted by atomic mass is 10.3. The highest BCUT2D eigenvalue weighted by molar-refractivity contribution is 5.79. The largest absolute Gasteiger partial charge is 0.467 e. The number of rotatable bonds is 12. The van der Waals surface area contributed by atoms with E-state index in [2.05, 4.69) is 27.4 Å². The van der Waals surface area contributed by atoms with Crippen molar-refractivity contribution in [1.82, 2.24) is 15.5 Å². The van der Waals surface area contributed by atoms with Crippen molar-refractivity contribution in [3.8, 4) is 0 Å². The second-order valence-electron chi connectivity index (χ2n) is 6.33. The molecule has 7 heteroatoms. The molecule has 2 rings (SSSR count). The van der Waals surface area contributed by atoms with Gasteiger partial charge in [-0.25, -0.2) is 0 Å². The molecule has 0 atom stereocenters. The van der Waals surface area contributed by atoms with Crippen LogP contribution in [0.4, 0.5) is 0 Å². The van der Waals surface area contributed by atoms with Crippen LogP contribution in [0.5, 0.6) is 0 Å². The number of unbranched alkanes of at least 4 members (excludes halogenated alkanes) is 1. The Morgan fingerprint density at radius 2 is 2.12 bits per heavy atom. The predicted octanol–water partition coefficient (Wildman–Crippen LogP) is 1.85. The number of nitrogens with zero attached hydrogens (tertiary/aromatic N) is 2. The minimum atomic E-state index is 0.526. The Morgan fingerprint density at radius 3 is 2.88 bits per heavy atom. The van der Waals surface area contributed by atoms with E-state index < -0.39 is 0 Å². The summed E-state index contributed by atoms with van der Waals surface area (Å²) in [5.74, 6) is 1.76. The Bertz CT molecular complexity index is 473. The van der Waals surface area contributed by atoms with Gasteiger partial charge in [0.25, 0.3) is 0 Å². The lowest BCUT2D eigenvalue weighted by molar-refractivity contribution is 0.0372. The molecule has 1 aromatic heterocycles. The summed E-state index contributed by atoms with van der Waals surface area (Å²) in [6.45, 7) is 10.9. The number of furan rings is 1. The Balaban J connectivity index is 1.49. The molecule has 1 aliphatic rings. The first-order valence-corrected chi connectivity index (χ1v) is 9.81. The summed E-state index contributed by atoms with van der Waals surface area (Å²) in [5.41, 5.74) is 0. The normalized spacial score (nSPS) is 16.0. The maximum atomic E-state index is 5.57. The van der Waals surface area contributed by atoms with Crippen molar-refractivity contribution >= 4 is 5.96 Å². The van der Waals surface area contributed by atoms with Crippen molar-refractivity contribution in [2.75, 3.05) is 59.1 Å². The molecule has 2 N–H and O–H groups in total. The Kier molecular flexibility index (Phi) is 10.9. The van der Waals surface area contributed by atoms with Gasteiger partial charge >= 0.3 is 0 Å². The number of hydrogen-bond donors (Lipinski definition) is 2. The van der Waals surface area contributed by atoms with Crippen molar-refractivity contribution < 1.29 is 13.9 Å². The van der Waals surface area contributed by atoms with Crippen molar-refractivity contribution in [3.63, 3.8) is 0 Å². The van der Waals surface area contributed by atoms with Gasteiger partial charge in [-0.05, 0) is 44.9 Å². The number of nitrogens with one attached hydrogen (secondary N) is 2. The number of guanidine groups is 1. The summed E-state index contributed by atoms with van der Waals surface area (Å²) in [7, 11) is 0. The summed E-state index contributed by atoms with van der Waals surface area (Å²) < 4.78 is 16.2. The van der Waals surface area contributed by atoms with Crippen LogP contribution in [0.25, 0.3) is 0 Å². The van der Waals surface area contributed by atoms with E-state index in [1.807, 2.05) is 12.1 Å². The SMILES string of the molecule is CCNC(=NCCCOCc1ccco1)NCCCCN1CCOCC1. The van der Waals surface area contributed by atoms with E-state index in [0.717, 1.165) is 77.0 Å². The summed E-state index contributed by atoms with van der Waals surface area (Å²) in [6, 6.07) is 3.79. The molecular formula is C19H34N4O3. The Morgan fingerprint density at radius 1 is 1.23 bits per heavy atom. The highest BCUT2D eigenvalue weighted by Gasteiger charge is 2.09. The van der Waals surface area contributed by atoms with E-state index in [-0.39, 0.29) is 0 Å². The molecule has 0 aromatic carbocycles. The number of aliphatic imine (C=N–C) groups is 1. The second-order valence-corrected chi connectivity index (χ2v) is 6.33. The van der Waals surface area contributed by atoms with Crippen LogP contribution in [0.15, 0.2) is 27.8 Å². The standard InChI is InChI=1S/C19H34N4O3/c1-2-20-19(21-8-3-4-10-23-11-15-24-16-12-23)22-9-6-13-25-17-18-7-5-14-26-18/h5,7,14H,2-4,6,8-13,15-17H2,1H3,(H2,20,21,22). The topological polar surface area (TPSA) is 71.3 Å². The maximum Gasteiger partial charge on any atom is 0.191 e. The fraction of sp³-hybridized carbons (Fsp3) is 0.737. The number of hydrogen-bond acceptors (Lipinski definition) is 5. The van der Waals surface area contributed by atoms with Gasteiger partial charge in [0, 0.05) is 39.3 Å². The first-order chi connectivity index (χ1) is 12.9. The third-order valence-electron chi connectivity index (χ3n) is 4.18. The fourth-order valence-corrected chi connectivity index (χ4v) is 2.76.